The lowest BCUT2D eigenvalue weighted by atomic mass is 10.2. The van der Waals surface area contributed by atoms with Gasteiger partial charge in [0.15, 0.2) is 0 Å². The number of hydrogen-bond acceptors (Lipinski definition) is 4. The number of aromatic nitrogens is 2. The molecule has 0 spiro atoms. The molecule has 0 aliphatic heterocycles. The van der Waals surface area contributed by atoms with Gasteiger partial charge in [0.2, 0.25) is 5.95 Å². The summed E-state index contributed by atoms with van der Waals surface area (Å²) in [4.78, 5) is 3.51. The van der Waals surface area contributed by atoms with Crippen molar-refractivity contribution >= 4 is 21.6 Å². The van der Waals surface area contributed by atoms with E-state index in [4.69, 9.17) is 15.7 Å². The van der Waals surface area contributed by atoms with Crippen LogP contribution in [0.25, 0.3) is 11.3 Å². The minimum absolute atomic E-state index is 0.0276. The molecule has 3 rings (SSSR count). The zero-order valence-corrected chi connectivity index (χ0v) is 14.4. The Morgan fingerprint density at radius 1 is 1.32 bits per heavy atom. The highest BCUT2D eigenvalue weighted by molar-refractivity contribution is 7.90. The molecule has 0 atom stereocenters. The smallest absolute Gasteiger partial charge is 0.268 e. The third-order valence-electron chi connectivity index (χ3n) is 3.54. The number of benzene rings is 1. The Balaban J connectivity index is 2.14. The van der Waals surface area contributed by atoms with Gasteiger partial charge in [-0.05, 0) is 55.0 Å². The van der Waals surface area contributed by atoms with Crippen LogP contribution >= 0.6 is 11.6 Å². The minimum atomic E-state index is -4.09. The van der Waals surface area contributed by atoms with Gasteiger partial charge in [-0.15, -0.1) is 0 Å². The van der Waals surface area contributed by atoms with Crippen molar-refractivity contribution in [3.05, 3.63) is 71.4 Å². The van der Waals surface area contributed by atoms with Crippen LogP contribution in [-0.2, 0) is 16.6 Å². The second-order valence-corrected chi connectivity index (χ2v) is 7.44. The molecule has 3 aromatic rings. The maximum atomic E-state index is 14.2. The van der Waals surface area contributed by atoms with Gasteiger partial charge in [-0.1, -0.05) is 11.6 Å². The summed E-state index contributed by atoms with van der Waals surface area (Å²) in [5.74, 6) is -0.844. The van der Waals surface area contributed by atoms with Crippen LogP contribution in [0.4, 0.5) is 4.39 Å². The molecule has 0 amide bonds. The number of nitrogens with zero attached hydrogens (tertiary/aromatic N) is 2. The number of hydrogen-bond donors (Lipinski definition) is 1. The summed E-state index contributed by atoms with van der Waals surface area (Å²) in [6.45, 7) is -2.54. The predicted octanol–water partition coefficient (Wildman–Crippen LogP) is 3.30. The topological polar surface area (TPSA) is 64.0 Å². The van der Waals surface area contributed by atoms with Gasteiger partial charge in [-0.2, -0.15) is 4.39 Å². The minimum Gasteiger partial charge on any atom is -0.316 e. The third kappa shape index (κ3) is 3.44. The molecule has 130 valence electrons. The largest absolute Gasteiger partial charge is 0.316 e. The van der Waals surface area contributed by atoms with Crippen LogP contribution in [0.1, 0.15) is 9.68 Å². The average Bonchev–Trinajstić information content (AvgIpc) is 3.05. The van der Waals surface area contributed by atoms with Crippen molar-refractivity contribution in [3.63, 3.8) is 0 Å². The van der Waals surface area contributed by atoms with Gasteiger partial charge in [0.1, 0.15) is 0 Å². The first kappa shape index (κ1) is 14.0. The Bertz CT molecular complexity index is 1100. The molecule has 0 fully saturated rings. The van der Waals surface area contributed by atoms with Crippen molar-refractivity contribution in [3.8, 4) is 11.3 Å². The molecule has 0 saturated carbocycles. The van der Waals surface area contributed by atoms with Crippen molar-refractivity contribution in [1.29, 1.82) is 0 Å². The van der Waals surface area contributed by atoms with E-state index in [0.29, 0.717) is 10.6 Å². The quantitative estimate of drug-likeness (QED) is 0.688. The summed E-state index contributed by atoms with van der Waals surface area (Å²) >= 11 is 5.82. The van der Waals surface area contributed by atoms with E-state index < -0.39 is 22.9 Å². The lowest BCUT2D eigenvalue weighted by Crippen LogP contribution is -2.14. The van der Waals surface area contributed by atoms with Crippen LogP contribution in [-0.4, -0.2) is 24.4 Å². The van der Waals surface area contributed by atoms with E-state index in [1.807, 2.05) is 0 Å². The normalized spacial score (nSPS) is 13.9. The molecule has 0 aliphatic rings. The van der Waals surface area contributed by atoms with E-state index in [9.17, 15) is 12.8 Å². The molecule has 0 bridgehead atoms. The van der Waals surface area contributed by atoms with E-state index in [2.05, 4.69) is 10.3 Å². The Labute approximate surface area is 154 Å². The zero-order valence-electron chi connectivity index (χ0n) is 15.8. The molecule has 8 heteroatoms. The Morgan fingerprint density at radius 3 is 2.76 bits per heavy atom. The van der Waals surface area contributed by atoms with Crippen molar-refractivity contribution < 1.29 is 16.9 Å². The van der Waals surface area contributed by atoms with E-state index >= 15 is 0 Å². The number of nitrogens with one attached hydrogen (secondary N) is 1. The standard InChI is InChI=1S/C17H15ClFN3O2S/c1-20-10-12-9-16(15-3-2-8-21-17(15)19)22(11-12)25(23,24)14-6-4-13(18)5-7-14/h2-9,11,20H,10H2,1H3/i1D3. The molecule has 1 N–H and O–H groups in total. The van der Waals surface area contributed by atoms with E-state index in [1.165, 1.54) is 54.9 Å². The van der Waals surface area contributed by atoms with Crippen molar-refractivity contribution in [2.45, 2.75) is 11.4 Å². The first-order valence-corrected chi connectivity index (χ1v) is 8.98. The summed E-state index contributed by atoms with van der Waals surface area (Å²) in [6, 6.07) is 9.81. The lowest BCUT2D eigenvalue weighted by Gasteiger charge is -2.11. The fourth-order valence-electron chi connectivity index (χ4n) is 2.39. The molecule has 2 aromatic heterocycles. The number of halogens is 2. The van der Waals surface area contributed by atoms with Crippen LogP contribution in [0.3, 0.4) is 0 Å². The van der Waals surface area contributed by atoms with Crippen LogP contribution < -0.4 is 5.32 Å². The van der Waals surface area contributed by atoms with Crippen molar-refractivity contribution in [2.75, 3.05) is 6.98 Å². The second kappa shape index (κ2) is 6.95. The van der Waals surface area contributed by atoms with Gasteiger partial charge in [0, 0.05) is 28.1 Å². The summed E-state index contributed by atoms with van der Waals surface area (Å²) < 4.78 is 63.1. The summed E-state index contributed by atoms with van der Waals surface area (Å²) in [5.41, 5.74) is 0.356. The van der Waals surface area contributed by atoms with Gasteiger partial charge >= 0.3 is 0 Å². The summed E-state index contributed by atoms with van der Waals surface area (Å²) in [7, 11) is -4.09. The molecule has 0 radical (unpaired) electrons. The Morgan fingerprint density at radius 2 is 2.08 bits per heavy atom. The van der Waals surface area contributed by atoms with Gasteiger partial charge in [-0.25, -0.2) is 17.4 Å². The molecule has 0 unspecified atom stereocenters. The highest BCUT2D eigenvalue weighted by Gasteiger charge is 2.23. The molecule has 5 nitrogen and oxygen atoms in total. The van der Waals surface area contributed by atoms with Gasteiger partial charge in [0.25, 0.3) is 10.0 Å². The van der Waals surface area contributed by atoms with Crippen molar-refractivity contribution in [2.24, 2.45) is 0 Å². The van der Waals surface area contributed by atoms with E-state index in [1.54, 1.807) is 0 Å². The highest BCUT2D eigenvalue weighted by Crippen LogP contribution is 2.28. The molecular weight excluding hydrogens is 365 g/mol. The van der Waals surface area contributed by atoms with Crippen LogP contribution in [0.15, 0.2) is 59.8 Å². The van der Waals surface area contributed by atoms with E-state index in [-0.39, 0.29) is 22.7 Å². The summed E-state index contributed by atoms with van der Waals surface area (Å²) in [6.07, 6.45) is 2.50. The monoisotopic (exact) mass is 382 g/mol. The van der Waals surface area contributed by atoms with Gasteiger partial charge in [0.05, 0.1) is 16.2 Å². The maximum absolute atomic E-state index is 14.2. The van der Waals surface area contributed by atoms with Crippen molar-refractivity contribution in [1.82, 2.24) is 14.3 Å². The molecule has 2 heterocycles. The molecule has 0 saturated heterocycles. The van der Waals surface area contributed by atoms with Gasteiger partial charge in [-0.3, -0.25) is 0 Å². The molecule has 25 heavy (non-hydrogen) atoms. The highest BCUT2D eigenvalue weighted by atomic mass is 35.5. The molecule has 1 aromatic carbocycles. The first-order chi connectivity index (χ1) is 13.1. The Hall–Kier alpha value is -2.22. The number of pyridine rings is 1. The third-order valence-corrected chi connectivity index (χ3v) is 5.48. The number of rotatable bonds is 5. The van der Waals surface area contributed by atoms with Crippen LogP contribution in [0.5, 0.6) is 0 Å². The molecule has 0 aliphatic carbocycles. The fraction of sp³-hybridized carbons (Fsp3) is 0.118. The van der Waals surface area contributed by atoms with E-state index in [0.717, 1.165) is 3.97 Å². The Kier molecular flexibility index (Phi) is 3.89. The second-order valence-electron chi connectivity index (χ2n) is 5.18. The maximum Gasteiger partial charge on any atom is 0.268 e. The van der Waals surface area contributed by atoms with Crippen LogP contribution in [0.2, 0.25) is 5.02 Å². The van der Waals surface area contributed by atoms with Gasteiger partial charge < -0.3 is 5.32 Å². The average molecular weight is 383 g/mol. The fourth-order valence-corrected chi connectivity index (χ4v) is 3.91. The SMILES string of the molecule is [2H]C([2H])([2H])NCc1cc(-c2cccnc2F)n(S(=O)(=O)c2ccc(Cl)cc2)c1. The lowest BCUT2D eigenvalue weighted by molar-refractivity contribution is 0.583. The molecular formula is C17H15ClFN3O2S. The summed E-state index contributed by atoms with van der Waals surface area (Å²) in [5, 5.41) is 2.68. The predicted molar refractivity (Wildman–Crippen MR) is 94.4 cm³/mol. The van der Waals surface area contributed by atoms with Crippen LogP contribution in [0, 0.1) is 5.95 Å². The first-order valence-electron chi connectivity index (χ1n) is 8.66. The zero-order chi connectivity index (χ0) is 20.5.